The molecule has 0 spiro atoms. The summed E-state index contributed by atoms with van der Waals surface area (Å²) in [6.07, 6.45) is 2.43. The van der Waals surface area contributed by atoms with Crippen LogP contribution >= 0.6 is 11.8 Å². The van der Waals surface area contributed by atoms with Crippen LogP contribution in [0.2, 0.25) is 0 Å². The molecule has 0 aromatic heterocycles. The van der Waals surface area contributed by atoms with Gasteiger partial charge in [-0.15, -0.1) is 11.8 Å². The Bertz CT molecular complexity index is 1640. The molecule has 1 atom stereocenters. The average Bonchev–Trinajstić information content (AvgIpc) is 3.03. The molecule has 0 aliphatic heterocycles. The molecule has 0 aliphatic carbocycles. The highest BCUT2D eigenvalue weighted by atomic mass is 32.2. The standard InChI is InChI=1S/C36H37N3O4S/c1-5-26-17-12-13-24(3)33(26)39-34(40)25(4)44-30-21-19-29(20-22-30)37-36(42)31(38-35(41)27-14-8-7-9-15-27)23-28-16-10-11-18-32(28)43-6-2/h7-23,25H,5-6H2,1-4H3,(H,37,42)(H,38,41)(H,39,40)/b31-23-. The lowest BCUT2D eigenvalue weighted by Gasteiger charge is -2.16. The monoisotopic (exact) mass is 607 g/mol. The van der Waals surface area contributed by atoms with Gasteiger partial charge in [0.15, 0.2) is 0 Å². The quantitative estimate of drug-likeness (QED) is 0.115. The summed E-state index contributed by atoms with van der Waals surface area (Å²) in [5.74, 6) is -0.370. The van der Waals surface area contributed by atoms with Crippen molar-refractivity contribution < 1.29 is 19.1 Å². The molecular weight excluding hydrogens is 570 g/mol. The Morgan fingerprint density at radius 2 is 1.55 bits per heavy atom. The number of aryl methyl sites for hydroxylation is 2. The molecule has 0 aliphatic rings. The summed E-state index contributed by atoms with van der Waals surface area (Å²) in [7, 11) is 0. The Morgan fingerprint density at radius 3 is 2.25 bits per heavy atom. The van der Waals surface area contributed by atoms with E-state index in [1.54, 1.807) is 42.5 Å². The van der Waals surface area contributed by atoms with Crippen molar-refractivity contribution in [2.75, 3.05) is 17.2 Å². The highest BCUT2D eigenvalue weighted by Gasteiger charge is 2.18. The third kappa shape index (κ3) is 8.61. The number of carbonyl (C=O) groups excluding carboxylic acids is 3. The Morgan fingerprint density at radius 1 is 0.841 bits per heavy atom. The Labute approximate surface area is 263 Å². The maximum Gasteiger partial charge on any atom is 0.272 e. The Hall–Kier alpha value is -4.82. The topological polar surface area (TPSA) is 96.5 Å². The summed E-state index contributed by atoms with van der Waals surface area (Å²) in [6, 6.07) is 29.3. The molecule has 0 radical (unpaired) electrons. The largest absolute Gasteiger partial charge is 0.493 e. The van der Waals surface area contributed by atoms with E-state index >= 15 is 0 Å². The van der Waals surface area contributed by atoms with Crippen LogP contribution in [0.15, 0.2) is 108 Å². The van der Waals surface area contributed by atoms with Gasteiger partial charge in [-0.3, -0.25) is 14.4 Å². The van der Waals surface area contributed by atoms with E-state index in [9.17, 15) is 14.4 Å². The van der Waals surface area contributed by atoms with Crippen LogP contribution < -0.4 is 20.7 Å². The van der Waals surface area contributed by atoms with Gasteiger partial charge in [0.1, 0.15) is 11.4 Å². The molecule has 8 heteroatoms. The summed E-state index contributed by atoms with van der Waals surface area (Å²) >= 11 is 1.43. The molecule has 7 nitrogen and oxygen atoms in total. The highest BCUT2D eigenvalue weighted by Crippen LogP contribution is 2.28. The number of ether oxygens (including phenoxy) is 1. The summed E-state index contributed by atoms with van der Waals surface area (Å²) in [5, 5.41) is 8.39. The minimum absolute atomic E-state index is 0.0670. The van der Waals surface area contributed by atoms with E-state index in [1.165, 1.54) is 11.8 Å². The fourth-order valence-corrected chi connectivity index (χ4v) is 5.35. The molecule has 4 rings (SSSR count). The van der Waals surface area contributed by atoms with Crippen LogP contribution in [0.3, 0.4) is 0 Å². The maximum atomic E-state index is 13.5. The molecule has 0 saturated carbocycles. The zero-order chi connectivity index (χ0) is 31.5. The van der Waals surface area contributed by atoms with Gasteiger partial charge in [0.25, 0.3) is 11.8 Å². The van der Waals surface area contributed by atoms with Crippen LogP contribution in [0.1, 0.15) is 47.8 Å². The van der Waals surface area contributed by atoms with Crippen LogP contribution in [-0.2, 0) is 16.0 Å². The van der Waals surface area contributed by atoms with Crippen molar-refractivity contribution in [3.05, 3.63) is 125 Å². The predicted octanol–water partition coefficient (Wildman–Crippen LogP) is 7.49. The van der Waals surface area contributed by atoms with E-state index in [4.69, 9.17) is 4.74 Å². The van der Waals surface area contributed by atoms with Crippen molar-refractivity contribution in [3.8, 4) is 5.75 Å². The van der Waals surface area contributed by atoms with Gasteiger partial charge in [-0.1, -0.05) is 61.5 Å². The molecule has 3 amide bonds. The van der Waals surface area contributed by atoms with E-state index in [0.29, 0.717) is 29.2 Å². The first-order chi connectivity index (χ1) is 21.3. The van der Waals surface area contributed by atoms with Crippen molar-refractivity contribution in [2.45, 2.75) is 44.3 Å². The minimum Gasteiger partial charge on any atom is -0.493 e. The second-order valence-electron chi connectivity index (χ2n) is 10.0. The average molecular weight is 608 g/mol. The minimum atomic E-state index is -0.487. The van der Waals surface area contributed by atoms with Gasteiger partial charge in [-0.25, -0.2) is 0 Å². The van der Waals surface area contributed by atoms with E-state index in [0.717, 1.165) is 28.1 Å². The Balaban J connectivity index is 1.47. The predicted molar refractivity (Wildman–Crippen MR) is 179 cm³/mol. The SMILES string of the molecule is CCOc1ccccc1/C=C(\NC(=O)c1ccccc1)C(=O)Nc1ccc(SC(C)C(=O)Nc2c(C)cccc2CC)cc1. The van der Waals surface area contributed by atoms with Crippen LogP contribution in [0.4, 0.5) is 11.4 Å². The molecule has 0 heterocycles. The first-order valence-electron chi connectivity index (χ1n) is 14.6. The second kappa shape index (κ2) is 15.6. The fourth-order valence-electron chi connectivity index (χ4n) is 4.48. The summed E-state index contributed by atoms with van der Waals surface area (Å²) in [5.41, 5.74) is 4.70. The Kier molecular flexibility index (Phi) is 11.4. The van der Waals surface area contributed by atoms with E-state index < -0.39 is 11.8 Å². The molecule has 0 bridgehead atoms. The van der Waals surface area contributed by atoms with Crippen LogP contribution in [0.25, 0.3) is 6.08 Å². The third-order valence-electron chi connectivity index (χ3n) is 6.83. The number of benzene rings is 4. The van der Waals surface area contributed by atoms with E-state index in [2.05, 4.69) is 22.9 Å². The number of anilines is 2. The molecule has 0 saturated heterocycles. The molecule has 44 heavy (non-hydrogen) atoms. The molecular formula is C36H37N3O4S. The normalized spacial score (nSPS) is 11.8. The lowest BCUT2D eigenvalue weighted by Crippen LogP contribution is -2.30. The summed E-state index contributed by atoms with van der Waals surface area (Å²) < 4.78 is 5.72. The number of amides is 3. The number of hydrogen-bond acceptors (Lipinski definition) is 5. The van der Waals surface area contributed by atoms with Gasteiger partial charge in [-0.05, 0) is 86.9 Å². The van der Waals surface area contributed by atoms with Crippen LogP contribution in [0, 0.1) is 6.92 Å². The second-order valence-corrected chi connectivity index (χ2v) is 11.5. The van der Waals surface area contributed by atoms with Crippen molar-refractivity contribution in [3.63, 3.8) is 0 Å². The van der Waals surface area contributed by atoms with Crippen molar-refractivity contribution in [1.82, 2.24) is 5.32 Å². The van der Waals surface area contributed by atoms with Gasteiger partial charge in [-0.2, -0.15) is 0 Å². The molecule has 4 aromatic rings. The molecule has 1 unspecified atom stereocenters. The van der Waals surface area contributed by atoms with Gasteiger partial charge in [0.2, 0.25) is 5.91 Å². The highest BCUT2D eigenvalue weighted by molar-refractivity contribution is 8.00. The maximum absolute atomic E-state index is 13.5. The van der Waals surface area contributed by atoms with Crippen molar-refractivity contribution in [2.24, 2.45) is 0 Å². The lowest BCUT2D eigenvalue weighted by molar-refractivity contribution is -0.115. The van der Waals surface area contributed by atoms with Gasteiger partial charge in [0.05, 0.1) is 11.9 Å². The number of hydrogen-bond donors (Lipinski definition) is 3. The number of carbonyl (C=O) groups is 3. The zero-order valence-corrected chi connectivity index (χ0v) is 26.2. The zero-order valence-electron chi connectivity index (χ0n) is 25.3. The summed E-state index contributed by atoms with van der Waals surface area (Å²) in [6.45, 7) is 8.27. The van der Waals surface area contributed by atoms with Crippen LogP contribution in [-0.4, -0.2) is 29.6 Å². The van der Waals surface area contributed by atoms with Crippen molar-refractivity contribution >= 4 is 46.9 Å². The number of para-hydroxylation sites is 2. The first-order valence-corrected chi connectivity index (χ1v) is 15.4. The number of nitrogens with one attached hydrogen (secondary N) is 3. The molecule has 0 fully saturated rings. The molecule has 3 N–H and O–H groups in total. The van der Waals surface area contributed by atoms with E-state index in [1.807, 2.05) is 81.4 Å². The van der Waals surface area contributed by atoms with E-state index in [-0.39, 0.29) is 16.9 Å². The van der Waals surface area contributed by atoms with Gasteiger partial charge in [0, 0.05) is 27.4 Å². The molecule has 4 aromatic carbocycles. The van der Waals surface area contributed by atoms with Gasteiger partial charge < -0.3 is 20.7 Å². The molecule has 226 valence electrons. The van der Waals surface area contributed by atoms with Crippen LogP contribution in [0.5, 0.6) is 5.75 Å². The summed E-state index contributed by atoms with van der Waals surface area (Å²) in [4.78, 5) is 40.3. The lowest BCUT2D eigenvalue weighted by atomic mass is 10.1. The smallest absolute Gasteiger partial charge is 0.272 e. The fraction of sp³-hybridized carbons (Fsp3) is 0.194. The van der Waals surface area contributed by atoms with Crippen molar-refractivity contribution in [1.29, 1.82) is 0 Å². The third-order valence-corrected chi connectivity index (χ3v) is 7.94. The number of rotatable bonds is 12. The number of thioether (sulfide) groups is 1. The van der Waals surface area contributed by atoms with Gasteiger partial charge >= 0.3 is 0 Å². The first kappa shape index (κ1) is 32.1.